The van der Waals surface area contributed by atoms with Crippen LogP contribution in [0.5, 0.6) is 0 Å². The Kier molecular flexibility index (Phi) is 6.26. The zero-order valence-electron chi connectivity index (χ0n) is 11.5. The number of carbonyl (C=O) groups is 1. The van der Waals surface area contributed by atoms with Crippen LogP contribution in [0.4, 0.5) is 17.6 Å². The highest BCUT2D eigenvalue weighted by Crippen LogP contribution is 2.34. The Hall–Kier alpha value is -1.50. The maximum atomic E-state index is 13.6. The number of halogens is 4. The molecule has 116 valence electrons. The molecule has 0 atom stereocenters. The molecule has 0 heterocycles. The third kappa shape index (κ3) is 4.77. The normalized spacial score (nSPS) is 11.1. The number of hydrogen-bond acceptors (Lipinski definition) is 3. The Morgan fingerprint density at radius 3 is 2.24 bits per heavy atom. The van der Waals surface area contributed by atoms with Crippen molar-refractivity contribution in [2.24, 2.45) is 0 Å². The minimum absolute atomic E-state index is 0.0447. The van der Waals surface area contributed by atoms with E-state index in [0.717, 1.165) is 4.90 Å². The molecule has 0 fully saturated rings. The molecule has 1 aromatic carbocycles. The van der Waals surface area contributed by atoms with Gasteiger partial charge in [0.15, 0.2) is 0 Å². The lowest BCUT2D eigenvalue weighted by Crippen LogP contribution is -2.31. The van der Waals surface area contributed by atoms with Gasteiger partial charge in [0.25, 0.3) is 6.08 Å². The third-order valence-electron chi connectivity index (χ3n) is 2.64. The molecule has 1 aromatic rings. The van der Waals surface area contributed by atoms with Gasteiger partial charge in [-0.15, -0.1) is 11.8 Å². The first-order chi connectivity index (χ1) is 9.81. The molecule has 0 bridgehead atoms. The molecule has 7 heteroatoms. The number of thioether (sulfide) groups is 1. The van der Waals surface area contributed by atoms with E-state index in [1.807, 2.05) is 0 Å². The first kappa shape index (κ1) is 17.6. The van der Waals surface area contributed by atoms with Gasteiger partial charge in [-0.3, -0.25) is 0 Å². The Labute approximate surface area is 124 Å². The minimum atomic E-state index is -3.99. The van der Waals surface area contributed by atoms with E-state index in [2.05, 4.69) is 4.74 Å². The van der Waals surface area contributed by atoms with Crippen LogP contribution in [0.25, 0.3) is 5.57 Å². The summed E-state index contributed by atoms with van der Waals surface area (Å²) in [5, 5.41) is 0. The van der Waals surface area contributed by atoms with Gasteiger partial charge in [0, 0.05) is 10.5 Å². The number of rotatable bonds is 6. The molecule has 21 heavy (non-hydrogen) atoms. The van der Waals surface area contributed by atoms with E-state index in [-0.39, 0.29) is 12.2 Å². The summed E-state index contributed by atoms with van der Waals surface area (Å²) in [5.74, 6) is -5.79. The molecule has 0 N–H and O–H groups in total. The van der Waals surface area contributed by atoms with Gasteiger partial charge in [0.2, 0.25) is 0 Å². The minimum Gasteiger partial charge on any atom is -0.462 e. The van der Waals surface area contributed by atoms with Gasteiger partial charge >= 0.3 is 11.9 Å². The molecule has 0 radical (unpaired) electrons. The zero-order valence-corrected chi connectivity index (χ0v) is 12.3. The second-order valence-electron chi connectivity index (χ2n) is 4.07. The Bertz CT molecular complexity index is 522. The fraction of sp³-hybridized carbons (Fsp3) is 0.357. The fourth-order valence-electron chi connectivity index (χ4n) is 1.60. The van der Waals surface area contributed by atoms with Crippen molar-refractivity contribution >= 4 is 23.3 Å². The summed E-state index contributed by atoms with van der Waals surface area (Å²) in [6, 6.07) is 5.74. The van der Waals surface area contributed by atoms with Crippen molar-refractivity contribution in [1.29, 1.82) is 0 Å². The molecule has 0 aromatic heterocycles. The molecule has 0 unspecified atom stereocenters. The number of alkyl halides is 2. The van der Waals surface area contributed by atoms with Crippen LogP contribution < -0.4 is 0 Å². The van der Waals surface area contributed by atoms with Crippen LogP contribution >= 0.6 is 11.8 Å². The number of benzene rings is 1. The lowest BCUT2D eigenvalue weighted by molar-refractivity contribution is -0.170. The van der Waals surface area contributed by atoms with E-state index in [0.29, 0.717) is 0 Å². The van der Waals surface area contributed by atoms with Gasteiger partial charge in [-0.05, 0) is 30.9 Å². The van der Waals surface area contributed by atoms with E-state index in [1.54, 1.807) is 18.4 Å². The summed E-state index contributed by atoms with van der Waals surface area (Å²) < 4.78 is 57.3. The second kappa shape index (κ2) is 7.49. The highest BCUT2D eigenvalue weighted by Gasteiger charge is 2.42. The maximum absolute atomic E-state index is 13.6. The Morgan fingerprint density at radius 1 is 1.24 bits per heavy atom. The van der Waals surface area contributed by atoms with Crippen molar-refractivity contribution in [2.45, 2.75) is 24.2 Å². The fourth-order valence-corrected chi connectivity index (χ4v) is 2.01. The van der Waals surface area contributed by atoms with E-state index >= 15 is 0 Å². The predicted octanol–water partition coefficient (Wildman–Crippen LogP) is 4.60. The van der Waals surface area contributed by atoms with Crippen LogP contribution in [0.2, 0.25) is 0 Å². The van der Waals surface area contributed by atoms with Crippen LogP contribution in [0.1, 0.15) is 18.9 Å². The largest absolute Gasteiger partial charge is 0.462 e. The van der Waals surface area contributed by atoms with Crippen molar-refractivity contribution in [3.63, 3.8) is 0 Å². The van der Waals surface area contributed by atoms with Crippen molar-refractivity contribution in [3.8, 4) is 0 Å². The van der Waals surface area contributed by atoms with Crippen LogP contribution in [0.15, 0.2) is 35.2 Å². The van der Waals surface area contributed by atoms with Crippen LogP contribution in [-0.4, -0.2) is 24.8 Å². The molecule has 0 saturated heterocycles. The molecular formula is C14H14F4O2S. The van der Waals surface area contributed by atoms with Crippen molar-refractivity contribution in [2.75, 3.05) is 12.9 Å². The Morgan fingerprint density at radius 2 is 1.81 bits per heavy atom. The van der Waals surface area contributed by atoms with E-state index in [1.165, 1.54) is 30.8 Å². The maximum Gasteiger partial charge on any atom is 0.377 e. The SMILES string of the molecule is CCOC(=O)C(F)(F)CC(=C(F)F)c1ccc(SC)cc1. The van der Waals surface area contributed by atoms with E-state index in [9.17, 15) is 22.4 Å². The summed E-state index contributed by atoms with van der Waals surface area (Å²) in [7, 11) is 0. The highest BCUT2D eigenvalue weighted by atomic mass is 32.2. The summed E-state index contributed by atoms with van der Waals surface area (Å²) >= 11 is 1.40. The molecule has 1 rings (SSSR count). The van der Waals surface area contributed by atoms with Crippen LogP contribution in [0.3, 0.4) is 0 Å². The number of hydrogen-bond donors (Lipinski definition) is 0. The summed E-state index contributed by atoms with van der Waals surface area (Å²) in [6.07, 6.45) is -1.83. The third-order valence-corrected chi connectivity index (χ3v) is 3.38. The second-order valence-corrected chi connectivity index (χ2v) is 4.95. The summed E-state index contributed by atoms with van der Waals surface area (Å²) in [5.41, 5.74) is -0.905. The molecule has 0 aliphatic carbocycles. The van der Waals surface area contributed by atoms with Gasteiger partial charge in [-0.2, -0.15) is 17.6 Å². The van der Waals surface area contributed by atoms with Crippen LogP contribution in [0, 0.1) is 0 Å². The standard InChI is InChI=1S/C14H14F4O2S/c1-3-20-13(19)14(17,18)8-11(12(15)16)9-4-6-10(21-2)7-5-9/h4-7H,3,8H2,1-2H3. The molecule has 0 aliphatic heterocycles. The lowest BCUT2D eigenvalue weighted by Gasteiger charge is -2.16. The number of esters is 1. The van der Waals surface area contributed by atoms with Crippen LogP contribution in [-0.2, 0) is 9.53 Å². The zero-order chi connectivity index (χ0) is 16.0. The highest BCUT2D eigenvalue weighted by molar-refractivity contribution is 7.98. The monoisotopic (exact) mass is 322 g/mol. The van der Waals surface area contributed by atoms with Gasteiger partial charge in [-0.1, -0.05) is 12.1 Å². The predicted molar refractivity (Wildman–Crippen MR) is 73.6 cm³/mol. The molecule has 0 aliphatic rings. The van der Waals surface area contributed by atoms with Gasteiger partial charge < -0.3 is 4.74 Å². The van der Waals surface area contributed by atoms with E-state index in [4.69, 9.17) is 0 Å². The molecular weight excluding hydrogens is 308 g/mol. The molecule has 0 saturated carbocycles. The van der Waals surface area contributed by atoms with Crippen molar-refractivity contribution in [1.82, 2.24) is 0 Å². The molecule has 0 spiro atoms. The first-order valence-electron chi connectivity index (χ1n) is 6.05. The van der Waals surface area contributed by atoms with Gasteiger partial charge in [-0.25, -0.2) is 4.79 Å². The summed E-state index contributed by atoms with van der Waals surface area (Å²) in [4.78, 5) is 11.9. The summed E-state index contributed by atoms with van der Waals surface area (Å²) in [6.45, 7) is 1.12. The van der Waals surface area contributed by atoms with E-state index < -0.39 is 30.0 Å². The average Bonchev–Trinajstić information content (AvgIpc) is 2.45. The molecule has 0 amide bonds. The average molecular weight is 322 g/mol. The van der Waals surface area contributed by atoms with Crippen molar-refractivity contribution < 1.29 is 27.1 Å². The van der Waals surface area contributed by atoms with Gasteiger partial charge in [0.1, 0.15) is 0 Å². The number of carbonyl (C=O) groups excluding carboxylic acids is 1. The smallest absolute Gasteiger partial charge is 0.377 e. The van der Waals surface area contributed by atoms with Crippen molar-refractivity contribution in [3.05, 3.63) is 35.9 Å². The number of ether oxygens (including phenoxy) is 1. The Balaban J connectivity index is 3.03. The molecule has 2 nitrogen and oxygen atoms in total. The first-order valence-corrected chi connectivity index (χ1v) is 7.28. The quantitative estimate of drug-likeness (QED) is 0.435. The number of allylic oxidation sites excluding steroid dienone is 1. The lowest BCUT2D eigenvalue weighted by atomic mass is 10.0. The van der Waals surface area contributed by atoms with Gasteiger partial charge in [0.05, 0.1) is 13.0 Å². The topological polar surface area (TPSA) is 26.3 Å².